The van der Waals surface area contributed by atoms with Crippen molar-refractivity contribution in [3.8, 4) is 5.75 Å². The van der Waals surface area contributed by atoms with Gasteiger partial charge in [0, 0.05) is 24.7 Å². The SMILES string of the molecule is CC(C)CN1CCN(C(=O)c2cc(Cl)ccc2O)C(C)C1=O. The van der Waals surface area contributed by atoms with Crippen LogP contribution in [0, 0.1) is 5.92 Å². The van der Waals surface area contributed by atoms with Crippen LogP contribution in [0.2, 0.25) is 5.02 Å². The molecular weight excluding hydrogens is 304 g/mol. The first kappa shape index (κ1) is 16.6. The van der Waals surface area contributed by atoms with E-state index in [1.807, 2.05) is 0 Å². The molecule has 6 heteroatoms. The number of carbonyl (C=O) groups excluding carboxylic acids is 2. The minimum Gasteiger partial charge on any atom is -0.507 e. The van der Waals surface area contributed by atoms with Crippen molar-refractivity contribution in [1.29, 1.82) is 0 Å². The number of benzene rings is 1. The van der Waals surface area contributed by atoms with Crippen molar-refractivity contribution in [1.82, 2.24) is 9.80 Å². The molecule has 1 unspecified atom stereocenters. The van der Waals surface area contributed by atoms with Gasteiger partial charge in [-0.2, -0.15) is 0 Å². The Morgan fingerprint density at radius 2 is 2.09 bits per heavy atom. The second-order valence-corrected chi connectivity index (χ2v) is 6.45. The zero-order valence-electron chi connectivity index (χ0n) is 13.0. The Labute approximate surface area is 135 Å². The molecule has 1 saturated heterocycles. The summed E-state index contributed by atoms with van der Waals surface area (Å²) >= 11 is 5.89. The number of carbonyl (C=O) groups is 2. The zero-order valence-corrected chi connectivity index (χ0v) is 13.8. The van der Waals surface area contributed by atoms with Crippen molar-refractivity contribution in [3.63, 3.8) is 0 Å². The molecule has 0 bridgehead atoms. The van der Waals surface area contributed by atoms with Gasteiger partial charge in [-0.1, -0.05) is 25.4 Å². The topological polar surface area (TPSA) is 60.9 Å². The number of phenols is 1. The number of nitrogens with zero attached hydrogens (tertiary/aromatic N) is 2. The lowest BCUT2D eigenvalue weighted by atomic mass is 10.1. The molecule has 1 aromatic rings. The minimum atomic E-state index is -0.543. The maximum absolute atomic E-state index is 12.6. The van der Waals surface area contributed by atoms with Crippen molar-refractivity contribution < 1.29 is 14.7 Å². The fourth-order valence-electron chi connectivity index (χ4n) is 2.66. The molecule has 1 heterocycles. The van der Waals surface area contributed by atoms with Crippen LogP contribution in [0.1, 0.15) is 31.1 Å². The highest BCUT2D eigenvalue weighted by Gasteiger charge is 2.35. The number of hydrogen-bond donors (Lipinski definition) is 1. The number of amides is 2. The Kier molecular flexibility index (Phi) is 4.96. The number of hydrogen-bond acceptors (Lipinski definition) is 3. The molecule has 1 N–H and O–H groups in total. The van der Waals surface area contributed by atoms with Gasteiger partial charge in [-0.25, -0.2) is 0 Å². The molecule has 1 fully saturated rings. The van der Waals surface area contributed by atoms with Crippen molar-refractivity contribution in [2.45, 2.75) is 26.8 Å². The van der Waals surface area contributed by atoms with E-state index in [1.54, 1.807) is 11.8 Å². The fourth-order valence-corrected chi connectivity index (χ4v) is 2.84. The van der Waals surface area contributed by atoms with Crippen molar-refractivity contribution in [3.05, 3.63) is 28.8 Å². The molecule has 2 rings (SSSR count). The molecule has 22 heavy (non-hydrogen) atoms. The fraction of sp³-hybridized carbons (Fsp3) is 0.500. The van der Waals surface area contributed by atoms with E-state index in [9.17, 15) is 14.7 Å². The smallest absolute Gasteiger partial charge is 0.258 e. The molecule has 1 aliphatic heterocycles. The van der Waals surface area contributed by atoms with Gasteiger partial charge < -0.3 is 14.9 Å². The van der Waals surface area contributed by atoms with E-state index in [1.165, 1.54) is 23.1 Å². The normalized spacial score (nSPS) is 19.0. The highest BCUT2D eigenvalue weighted by molar-refractivity contribution is 6.31. The predicted octanol–water partition coefficient (Wildman–Crippen LogP) is 2.37. The number of phenolic OH excluding ortho intramolecular Hbond substituents is 1. The third-order valence-corrected chi connectivity index (χ3v) is 4.02. The summed E-state index contributed by atoms with van der Waals surface area (Å²) < 4.78 is 0. The van der Waals surface area contributed by atoms with Crippen molar-refractivity contribution in [2.75, 3.05) is 19.6 Å². The highest BCUT2D eigenvalue weighted by Crippen LogP contribution is 2.25. The number of halogens is 1. The van der Waals surface area contributed by atoms with Gasteiger partial charge in [0.05, 0.1) is 5.56 Å². The van der Waals surface area contributed by atoms with Crippen LogP contribution in [0.15, 0.2) is 18.2 Å². The molecule has 1 aliphatic rings. The Balaban J connectivity index is 2.18. The first-order valence-electron chi connectivity index (χ1n) is 7.39. The van der Waals surface area contributed by atoms with Crippen LogP contribution in [-0.2, 0) is 4.79 Å². The standard InChI is InChI=1S/C16H21ClN2O3/c1-10(2)9-18-6-7-19(11(3)15(18)21)16(22)13-8-12(17)4-5-14(13)20/h4-5,8,10-11,20H,6-7,9H2,1-3H3. The van der Waals surface area contributed by atoms with E-state index in [0.717, 1.165) is 0 Å². The summed E-state index contributed by atoms with van der Waals surface area (Å²) in [4.78, 5) is 28.3. The van der Waals surface area contributed by atoms with Gasteiger partial charge in [-0.15, -0.1) is 0 Å². The minimum absolute atomic E-state index is 0.0604. The Bertz CT molecular complexity index is 589. The number of rotatable bonds is 3. The van der Waals surface area contributed by atoms with Gasteiger partial charge >= 0.3 is 0 Å². The van der Waals surface area contributed by atoms with E-state index in [2.05, 4.69) is 13.8 Å². The molecule has 0 aromatic heterocycles. The zero-order chi connectivity index (χ0) is 16.4. The van der Waals surface area contributed by atoms with E-state index >= 15 is 0 Å². The van der Waals surface area contributed by atoms with Crippen molar-refractivity contribution in [2.24, 2.45) is 5.92 Å². The first-order valence-corrected chi connectivity index (χ1v) is 7.77. The summed E-state index contributed by atoms with van der Waals surface area (Å²) in [5.41, 5.74) is 0.129. The van der Waals surface area contributed by atoms with Gasteiger partial charge in [0.2, 0.25) is 5.91 Å². The molecule has 0 radical (unpaired) electrons. The van der Waals surface area contributed by atoms with E-state index < -0.39 is 6.04 Å². The summed E-state index contributed by atoms with van der Waals surface area (Å²) in [7, 11) is 0. The van der Waals surface area contributed by atoms with Crippen molar-refractivity contribution >= 4 is 23.4 Å². The van der Waals surface area contributed by atoms with Crippen LogP contribution in [0.5, 0.6) is 5.75 Å². The molecule has 5 nitrogen and oxygen atoms in total. The summed E-state index contributed by atoms with van der Waals surface area (Å²) in [6, 6.07) is 3.79. The van der Waals surface area contributed by atoms with Crippen LogP contribution < -0.4 is 0 Å². The Hall–Kier alpha value is -1.75. The van der Waals surface area contributed by atoms with Gasteiger partial charge in [-0.3, -0.25) is 9.59 Å². The average Bonchev–Trinajstić information content (AvgIpc) is 2.45. The van der Waals surface area contributed by atoms with E-state index in [0.29, 0.717) is 30.6 Å². The molecule has 0 aliphatic carbocycles. The van der Waals surface area contributed by atoms with E-state index in [-0.39, 0.29) is 23.1 Å². The van der Waals surface area contributed by atoms with Crippen LogP contribution >= 0.6 is 11.6 Å². The number of aromatic hydroxyl groups is 1. The highest BCUT2D eigenvalue weighted by atomic mass is 35.5. The maximum Gasteiger partial charge on any atom is 0.258 e. The predicted molar refractivity (Wildman–Crippen MR) is 85.0 cm³/mol. The summed E-state index contributed by atoms with van der Waals surface area (Å²) in [6.45, 7) is 7.47. The van der Waals surface area contributed by atoms with Crippen LogP contribution in [-0.4, -0.2) is 52.4 Å². The second kappa shape index (κ2) is 6.57. The molecule has 1 atom stereocenters. The van der Waals surface area contributed by atoms with Gasteiger partial charge in [0.25, 0.3) is 5.91 Å². The maximum atomic E-state index is 12.6. The summed E-state index contributed by atoms with van der Waals surface area (Å²) in [6.07, 6.45) is 0. The lowest BCUT2D eigenvalue weighted by Gasteiger charge is -2.39. The molecule has 120 valence electrons. The lowest BCUT2D eigenvalue weighted by molar-refractivity contribution is -0.140. The number of piperazine rings is 1. The average molecular weight is 325 g/mol. The van der Waals surface area contributed by atoms with Crippen LogP contribution in [0.3, 0.4) is 0 Å². The third kappa shape index (κ3) is 3.35. The first-order chi connectivity index (χ1) is 10.3. The lowest BCUT2D eigenvalue weighted by Crippen LogP contribution is -2.58. The monoisotopic (exact) mass is 324 g/mol. The molecule has 2 amide bonds. The molecule has 0 spiro atoms. The second-order valence-electron chi connectivity index (χ2n) is 6.01. The molecule has 0 saturated carbocycles. The van der Waals surface area contributed by atoms with Gasteiger partial charge in [0.15, 0.2) is 0 Å². The third-order valence-electron chi connectivity index (χ3n) is 3.78. The van der Waals surface area contributed by atoms with E-state index in [4.69, 9.17) is 11.6 Å². The van der Waals surface area contributed by atoms with Gasteiger partial charge in [-0.05, 0) is 31.0 Å². The van der Waals surface area contributed by atoms with Crippen LogP contribution in [0.4, 0.5) is 0 Å². The molecular formula is C16H21ClN2O3. The van der Waals surface area contributed by atoms with Gasteiger partial charge in [0.1, 0.15) is 11.8 Å². The largest absolute Gasteiger partial charge is 0.507 e. The molecule has 1 aromatic carbocycles. The van der Waals surface area contributed by atoms with Crippen LogP contribution in [0.25, 0.3) is 0 Å². The quantitative estimate of drug-likeness (QED) is 0.928. The summed E-state index contributed by atoms with van der Waals surface area (Å²) in [5, 5.41) is 10.2. The Morgan fingerprint density at radius 1 is 1.41 bits per heavy atom. The Morgan fingerprint density at radius 3 is 2.73 bits per heavy atom. The summed E-state index contributed by atoms with van der Waals surface area (Å²) in [5.74, 6) is -0.172.